The maximum atomic E-state index is 14.6. The lowest BCUT2D eigenvalue weighted by Gasteiger charge is -2.54. The molecule has 0 radical (unpaired) electrons. The molecule has 4 aromatic rings. The van der Waals surface area contributed by atoms with E-state index in [4.69, 9.17) is 0 Å². The van der Waals surface area contributed by atoms with E-state index in [1.807, 2.05) is 0 Å². The third kappa shape index (κ3) is 5.59. The lowest BCUT2D eigenvalue weighted by molar-refractivity contribution is -0.297. The highest BCUT2D eigenvalue weighted by atomic mass is 32.2. The summed E-state index contributed by atoms with van der Waals surface area (Å²) in [4.78, 5) is 17.3. The van der Waals surface area contributed by atoms with Crippen LogP contribution >= 0.6 is 11.3 Å². The minimum atomic E-state index is -4.95. The molecule has 3 aromatic heterocycles. The molecule has 7 rings (SSSR count). The van der Waals surface area contributed by atoms with Crippen molar-refractivity contribution in [3.63, 3.8) is 0 Å². The van der Waals surface area contributed by atoms with E-state index < -0.39 is 79.5 Å². The first-order valence-corrected chi connectivity index (χ1v) is 17.9. The maximum absolute atomic E-state index is 14.6. The van der Waals surface area contributed by atoms with Gasteiger partial charge in [0.15, 0.2) is 15.6 Å². The summed E-state index contributed by atoms with van der Waals surface area (Å²) in [5.41, 5.74) is -2.40. The SMILES string of the molecule is C=S(=O)(c1ccn(C)n1)N(C1CC(O)(C(F)(F)F)C1)[C@H]1CCC2=Cc3c(cnn3-c3ccc(F)cc3)C[C@]2(C(=O)c2ncc(C(F)(F)F)s2)C1. The number of fused-ring (bicyclic) bond motifs is 2. The van der Waals surface area contributed by atoms with E-state index in [1.54, 1.807) is 17.8 Å². The van der Waals surface area contributed by atoms with Crippen LogP contribution in [0.2, 0.25) is 0 Å². The van der Waals surface area contributed by atoms with Crippen molar-refractivity contribution in [2.75, 3.05) is 0 Å². The number of halogens is 7. The minimum Gasteiger partial charge on any atom is -0.380 e. The molecule has 1 aromatic carbocycles. The summed E-state index contributed by atoms with van der Waals surface area (Å²) in [6.07, 6.45) is -5.88. The summed E-state index contributed by atoms with van der Waals surface area (Å²) >= 11 is 0.194. The van der Waals surface area contributed by atoms with Gasteiger partial charge in [-0.1, -0.05) is 5.57 Å². The first-order valence-electron chi connectivity index (χ1n) is 15.4. The highest BCUT2D eigenvalue weighted by Gasteiger charge is 2.64. The van der Waals surface area contributed by atoms with Crippen LogP contribution in [0.4, 0.5) is 30.7 Å². The monoisotopic (exact) mass is 742 g/mol. The van der Waals surface area contributed by atoms with Gasteiger partial charge in [0.25, 0.3) is 0 Å². The summed E-state index contributed by atoms with van der Waals surface area (Å²) < 4.78 is 115. The van der Waals surface area contributed by atoms with Crippen LogP contribution in [0.15, 0.2) is 59.5 Å². The Hall–Kier alpha value is -3.87. The Labute approximate surface area is 285 Å². The molecule has 3 atom stereocenters. The smallest absolute Gasteiger partial charge is 0.380 e. The quantitative estimate of drug-likeness (QED) is 0.141. The minimum absolute atomic E-state index is 0.00888. The zero-order chi connectivity index (χ0) is 36.0. The second-order valence-corrected chi connectivity index (χ2v) is 16.2. The van der Waals surface area contributed by atoms with Crippen LogP contribution in [-0.2, 0) is 29.4 Å². The summed E-state index contributed by atoms with van der Waals surface area (Å²) in [6, 6.07) is 5.02. The number of benzene rings is 1. The summed E-state index contributed by atoms with van der Waals surface area (Å²) in [6.45, 7) is 0. The van der Waals surface area contributed by atoms with E-state index in [0.29, 0.717) is 28.7 Å². The van der Waals surface area contributed by atoms with Crippen molar-refractivity contribution in [1.29, 1.82) is 0 Å². The Kier molecular flexibility index (Phi) is 8.01. The van der Waals surface area contributed by atoms with Crippen LogP contribution in [0.25, 0.3) is 11.8 Å². The van der Waals surface area contributed by atoms with Crippen molar-refractivity contribution in [3.05, 3.63) is 81.5 Å². The van der Waals surface area contributed by atoms with E-state index >= 15 is 0 Å². The second-order valence-electron chi connectivity index (χ2n) is 13.0. The van der Waals surface area contributed by atoms with Crippen molar-refractivity contribution in [2.24, 2.45) is 12.5 Å². The van der Waals surface area contributed by atoms with E-state index in [-0.39, 0.29) is 42.0 Å². The standard InChI is InChI=1S/C32H29F7N6O3S2/c1-43-10-9-26(42-43)50(2,48)45(23-14-30(47,15-23)32(37,38)39)22-6-3-19-11-24-18(16-41-44(24)21-7-4-20(33)5-8-21)12-29(19,13-22)27(46)28-40-17-25(49-28)31(34,35)36/h4-5,7-11,16-17,22-23,47H,2-3,6,12-15H2,1H3/t22-,23?,29-,30?,50?/m0/s1. The number of rotatable bonds is 7. The number of Topliss-reactive ketones (excluding diaryl/α,β-unsaturated/α-hetero) is 1. The van der Waals surface area contributed by atoms with Crippen LogP contribution in [0.1, 0.15) is 58.0 Å². The first kappa shape index (κ1) is 34.6. The topological polar surface area (TPSA) is 106 Å². The van der Waals surface area contributed by atoms with Gasteiger partial charge in [-0.15, -0.1) is 11.3 Å². The molecule has 1 unspecified atom stereocenters. The number of thiazole rings is 1. The normalized spacial score (nSPS) is 26.5. The highest BCUT2D eigenvalue weighted by Crippen LogP contribution is 2.55. The Bertz CT molecular complexity index is 2110. The highest BCUT2D eigenvalue weighted by molar-refractivity contribution is 7.98. The van der Waals surface area contributed by atoms with Crippen LogP contribution in [0.5, 0.6) is 0 Å². The van der Waals surface area contributed by atoms with Crippen molar-refractivity contribution in [2.45, 2.75) is 73.6 Å². The number of ketones is 1. The Morgan fingerprint density at radius 2 is 1.78 bits per heavy atom. The molecule has 50 heavy (non-hydrogen) atoms. The number of carbonyl (C=O) groups is 1. The van der Waals surface area contributed by atoms with Crippen LogP contribution in [0, 0.1) is 11.2 Å². The van der Waals surface area contributed by atoms with Gasteiger partial charge < -0.3 is 5.11 Å². The van der Waals surface area contributed by atoms with E-state index in [9.17, 15) is 44.8 Å². The van der Waals surface area contributed by atoms with Gasteiger partial charge in [-0.25, -0.2) is 22.6 Å². The molecule has 9 nitrogen and oxygen atoms in total. The average Bonchev–Trinajstić information content (AvgIpc) is 3.78. The molecule has 3 aliphatic rings. The number of allylic oxidation sites excluding steroid dienone is 1. The van der Waals surface area contributed by atoms with Gasteiger partial charge in [0.2, 0.25) is 5.78 Å². The Morgan fingerprint density at radius 3 is 2.38 bits per heavy atom. The van der Waals surface area contributed by atoms with E-state index in [2.05, 4.69) is 21.1 Å². The van der Waals surface area contributed by atoms with Gasteiger partial charge in [0.05, 0.1) is 38.9 Å². The molecule has 0 amide bonds. The largest absolute Gasteiger partial charge is 0.427 e. The van der Waals surface area contributed by atoms with Crippen LogP contribution < -0.4 is 0 Å². The van der Waals surface area contributed by atoms with Crippen LogP contribution in [0.3, 0.4) is 0 Å². The zero-order valence-electron chi connectivity index (χ0n) is 26.2. The van der Waals surface area contributed by atoms with Gasteiger partial charge in [-0.2, -0.15) is 36.5 Å². The van der Waals surface area contributed by atoms with Gasteiger partial charge in [-0.05, 0) is 73.5 Å². The molecule has 0 spiro atoms. The lowest BCUT2D eigenvalue weighted by atomic mass is 9.60. The van der Waals surface area contributed by atoms with Crippen LogP contribution in [-0.4, -0.2) is 73.7 Å². The molecule has 266 valence electrons. The first-order chi connectivity index (χ1) is 23.3. The number of hydrogen-bond acceptors (Lipinski definition) is 7. The van der Waals surface area contributed by atoms with Crippen molar-refractivity contribution < 1.29 is 44.8 Å². The lowest BCUT2D eigenvalue weighted by Crippen LogP contribution is -2.65. The third-order valence-electron chi connectivity index (χ3n) is 9.87. The second kappa shape index (κ2) is 11.6. The van der Waals surface area contributed by atoms with Crippen molar-refractivity contribution in [1.82, 2.24) is 28.9 Å². The summed E-state index contributed by atoms with van der Waals surface area (Å²) in [5, 5.41) is 18.6. The number of nitrogens with zero attached hydrogens (tertiary/aromatic N) is 6. The molecule has 2 saturated carbocycles. The molecule has 2 fully saturated rings. The predicted octanol–water partition coefficient (Wildman–Crippen LogP) is 6.03. The number of alkyl halides is 6. The number of aromatic nitrogens is 5. The molecule has 3 heterocycles. The van der Waals surface area contributed by atoms with Gasteiger partial charge in [0, 0.05) is 38.2 Å². The third-order valence-corrected chi connectivity index (χ3v) is 13.1. The molecule has 0 bridgehead atoms. The zero-order valence-corrected chi connectivity index (χ0v) is 27.8. The average molecular weight is 743 g/mol. The predicted molar refractivity (Wildman–Crippen MR) is 169 cm³/mol. The molecular formula is C32H29F7N6O3S2. The number of carbonyl (C=O) groups excluding carboxylic acids is 1. The molecular weight excluding hydrogens is 714 g/mol. The number of aliphatic hydroxyl groups is 1. The molecule has 1 N–H and O–H groups in total. The van der Waals surface area contributed by atoms with Crippen molar-refractivity contribution >= 4 is 38.8 Å². The fourth-order valence-corrected chi connectivity index (χ4v) is 10.2. The fourth-order valence-electron chi connectivity index (χ4n) is 7.39. The van der Waals surface area contributed by atoms with Gasteiger partial charge in [-0.3, -0.25) is 9.48 Å². The molecule has 0 saturated heterocycles. The molecule has 0 aliphatic heterocycles. The molecule has 3 aliphatic carbocycles. The van der Waals surface area contributed by atoms with Gasteiger partial charge in [0.1, 0.15) is 10.7 Å². The van der Waals surface area contributed by atoms with E-state index in [1.165, 1.54) is 51.7 Å². The summed E-state index contributed by atoms with van der Waals surface area (Å²) in [5.74, 6) is 2.74. The maximum Gasteiger partial charge on any atom is 0.427 e. The Morgan fingerprint density at radius 1 is 1.08 bits per heavy atom. The van der Waals surface area contributed by atoms with E-state index in [0.717, 1.165) is 0 Å². The fraction of sp³-hybridized carbons (Fsp3) is 0.406. The Balaban J connectivity index is 1.33. The number of hydrogen-bond donors (Lipinski definition) is 1. The van der Waals surface area contributed by atoms with Crippen molar-refractivity contribution in [3.8, 4) is 5.69 Å². The van der Waals surface area contributed by atoms with Gasteiger partial charge >= 0.3 is 12.4 Å². The molecule has 18 heteroatoms. The number of aryl methyl sites for hydroxylation is 1. The summed E-state index contributed by atoms with van der Waals surface area (Å²) in [7, 11) is -2.05.